The van der Waals surface area contributed by atoms with E-state index in [4.69, 9.17) is 33.3 Å². The summed E-state index contributed by atoms with van der Waals surface area (Å²) in [6.45, 7) is 32.4. The summed E-state index contributed by atoms with van der Waals surface area (Å²) < 4.78 is 66.5. The highest BCUT2D eigenvalue weighted by atomic mass is 31.1. The van der Waals surface area contributed by atoms with E-state index in [2.05, 4.69) is 182 Å². The minimum Gasteiger partial charge on any atom is -0.496 e. The molecule has 0 aromatic heterocycles. The van der Waals surface area contributed by atoms with Crippen LogP contribution >= 0.6 is 67.0 Å². The van der Waals surface area contributed by atoms with E-state index in [0.717, 1.165) is 30.7 Å². The van der Waals surface area contributed by atoms with Crippen molar-refractivity contribution in [2.24, 2.45) is 0 Å². The highest BCUT2D eigenvalue weighted by Gasteiger charge is 2.30. The highest BCUT2D eigenvalue weighted by molar-refractivity contribution is 7.61. The Balaban J connectivity index is 0.000000582. The van der Waals surface area contributed by atoms with Crippen molar-refractivity contribution in [2.75, 3.05) is 34.2 Å². The largest absolute Gasteiger partial charge is 0.546 e. The lowest BCUT2D eigenvalue weighted by atomic mass is 9.79. The van der Waals surface area contributed by atoms with E-state index in [1.165, 1.54) is 55.4 Å². The third-order valence-electron chi connectivity index (χ3n) is 12.0. The monoisotopic (exact) mass is 1360 g/mol. The molecule has 89 heavy (non-hydrogen) atoms. The van der Waals surface area contributed by atoms with Crippen molar-refractivity contribution in [1.29, 1.82) is 0 Å². The summed E-state index contributed by atoms with van der Waals surface area (Å²) in [4.78, 5) is 23.1. The molecule has 3 N–H and O–H groups in total. The van der Waals surface area contributed by atoms with Gasteiger partial charge in [0.05, 0.1) is 20.8 Å². The second kappa shape index (κ2) is 42.9. The van der Waals surface area contributed by atoms with Crippen molar-refractivity contribution >= 4 is 109 Å². The van der Waals surface area contributed by atoms with Gasteiger partial charge in [-0.25, -0.2) is 0 Å². The molecule has 476 valence electrons. The molecule has 8 aromatic carbocycles. The average molecular weight is 1360 g/mol. The van der Waals surface area contributed by atoms with Crippen LogP contribution in [0.4, 0.5) is 0 Å². The summed E-state index contributed by atoms with van der Waals surface area (Å²) in [6.07, 6.45) is 0. The minimum absolute atomic E-state index is 0.00111. The van der Waals surface area contributed by atoms with Crippen LogP contribution in [0.1, 0.15) is 112 Å². The van der Waals surface area contributed by atoms with Gasteiger partial charge in [-0.1, -0.05) is 250 Å². The van der Waals surface area contributed by atoms with E-state index >= 15 is 0 Å². The molecule has 0 bridgehead atoms. The van der Waals surface area contributed by atoms with Gasteiger partial charge in [0.2, 0.25) is 5.30 Å². The number of benzene rings is 8. The summed E-state index contributed by atoms with van der Waals surface area (Å²) in [7, 11) is -0.381. The molecule has 5 atom stereocenters. The Bertz CT molecular complexity index is 3100. The van der Waals surface area contributed by atoms with Crippen LogP contribution in [0.2, 0.25) is 0 Å². The van der Waals surface area contributed by atoms with Crippen molar-refractivity contribution in [2.45, 2.75) is 112 Å². The fourth-order valence-corrected chi connectivity index (χ4v) is 12.4. The molecule has 0 aliphatic carbocycles. The third kappa shape index (κ3) is 34.3. The molecule has 0 fully saturated rings. The van der Waals surface area contributed by atoms with E-state index in [-0.39, 0.29) is 21.7 Å². The van der Waals surface area contributed by atoms with Crippen molar-refractivity contribution in [3.63, 3.8) is 0 Å². The van der Waals surface area contributed by atoms with Crippen molar-refractivity contribution < 1.29 is 51.5 Å². The predicted molar refractivity (Wildman–Crippen MR) is 392 cm³/mol. The van der Waals surface area contributed by atoms with Gasteiger partial charge in [-0.15, -0.1) is 13.8 Å². The number of ether oxygens (including phenoxy) is 2. The minimum atomic E-state index is -2.15. The number of methoxy groups -OCH3 is 2. The smallest absolute Gasteiger partial charge is 0.496 e. The lowest BCUT2D eigenvalue weighted by molar-refractivity contribution is 0.354. The highest BCUT2D eigenvalue weighted by Crippen LogP contribution is 2.42. The van der Waals surface area contributed by atoms with Crippen LogP contribution in [-0.2, 0) is 49.0 Å². The van der Waals surface area contributed by atoms with Gasteiger partial charge >= 0.3 is 40.6 Å². The molecule has 0 aliphatic heterocycles. The zero-order chi connectivity index (χ0) is 67.4. The molecule has 0 heterocycles. The van der Waals surface area contributed by atoms with E-state index < -0.39 is 40.6 Å². The first-order chi connectivity index (χ1) is 41.7. The van der Waals surface area contributed by atoms with Gasteiger partial charge in [-0.05, 0) is 134 Å². The van der Waals surface area contributed by atoms with E-state index in [9.17, 15) is 13.7 Å². The first kappa shape index (κ1) is 82.0. The Morgan fingerprint density at radius 1 is 0.438 bits per heavy atom. The van der Waals surface area contributed by atoms with Crippen LogP contribution in [0, 0.1) is 0 Å². The zero-order valence-corrected chi connectivity index (χ0v) is 62.5. The first-order valence-electron chi connectivity index (χ1n) is 28.6. The molecule has 5 unspecified atom stereocenters. The average Bonchev–Trinajstić information content (AvgIpc) is 0.840. The van der Waals surface area contributed by atoms with Gasteiger partial charge in [0.25, 0.3) is 0 Å². The first-order valence-corrected chi connectivity index (χ1v) is 37.8. The van der Waals surface area contributed by atoms with Crippen LogP contribution in [0.25, 0.3) is 0 Å². The van der Waals surface area contributed by atoms with Gasteiger partial charge in [0.1, 0.15) is 11.5 Å². The van der Waals surface area contributed by atoms with Crippen LogP contribution in [0.5, 0.6) is 11.5 Å². The molecule has 8 aromatic rings. The lowest BCUT2D eigenvalue weighted by Gasteiger charge is -2.31. The quantitative estimate of drug-likeness (QED) is 0.105. The molecular formula is C70H95O11P8+5. The maximum atomic E-state index is 12.0. The van der Waals surface area contributed by atoms with Crippen molar-refractivity contribution in [3.8, 4) is 11.5 Å². The zero-order valence-electron chi connectivity index (χ0n) is 54.8. The molecular weight excluding hydrogens is 1260 g/mol. The van der Waals surface area contributed by atoms with Crippen LogP contribution < -0.4 is 51.9 Å². The Kier molecular flexibility index (Phi) is 39.6. The maximum absolute atomic E-state index is 12.0. The van der Waals surface area contributed by atoms with Gasteiger partial charge < -0.3 is 9.47 Å². The molecule has 11 nitrogen and oxygen atoms in total. The second-order valence-electron chi connectivity index (χ2n) is 23.6. The van der Waals surface area contributed by atoms with E-state index in [1.807, 2.05) is 104 Å². The summed E-state index contributed by atoms with van der Waals surface area (Å²) in [5, 5.41) is 8.99. The van der Waals surface area contributed by atoms with Gasteiger partial charge in [0.15, 0.2) is 23.9 Å². The summed E-state index contributed by atoms with van der Waals surface area (Å²) in [6, 6.07) is 68.3. The Labute approximate surface area is 543 Å². The summed E-state index contributed by atoms with van der Waals surface area (Å²) >= 11 is 0. The van der Waals surface area contributed by atoms with Gasteiger partial charge in [-0.3, -0.25) is 0 Å². The Hall–Kier alpha value is -5.01. The fraction of sp³-hybridized carbons (Fsp3) is 0.314. The number of hydrogen-bond acceptors (Lipinski definition) is 8. The maximum Gasteiger partial charge on any atom is 0.546 e. The fourth-order valence-electron chi connectivity index (χ4n) is 7.91. The lowest BCUT2D eigenvalue weighted by Crippen LogP contribution is -2.24. The van der Waals surface area contributed by atoms with Gasteiger partial charge in [0, 0.05) is 22.3 Å². The van der Waals surface area contributed by atoms with Crippen LogP contribution in [-0.4, -0.2) is 48.8 Å². The summed E-state index contributed by atoms with van der Waals surface area (Å²) in [5.41, 5.74) is 5.11. The number of hydrogen-bond donors (Lipinski definition) is 3. The molecule has 0 saturated carbocycles. The van der Waals surface area contributed by atoms with Crippen LogP contribution in [0.15, 0.2) is 206 Å². The van der Waals surface area contributed by atoms with Gasteiger partial charge in [-0.2, -0.15) is 14.7 Å². The third-order valence-corrected chi connectivity index (χ3v) is 17.7. The molecule has 0 amide bonds. The molecule has 8 rings (SSSR count). The molecule has 19 heteroatoms. The standard InChI is InChI=1S/C30H47O2P.C12H10OP.C12H11P.C6H5O2P.C6H7P.C3H8O2P.CH3O2P.HO2P/c1-27(2,3)21-15-19(16-22(25(21)31-13)28(4,5)6)33-20-17-23(29(7,8)9)26(32-14)24(18-20)30(10,11)12;13-14(11-7-3-1-4-8-11)12-9-5-2-6-10-12;1-3-7-11(8-4-1)13-12-9-5-2-6-10-12;7-9(8)6-4-2-1-3-5-6;7-6-4-2-1-3-5-6;1-3-5-6(2)4;1-4(2)3;1-3-2/h15-18,33H,1-14H3;1-10H;1-10,13H;1-5H;1-5H,7H2;3H2,1-2H3;1H3;3H/q;+1;;;;+1;;/p+3. The molecule has 0 spiro atoms. The van der Waals surface area contributed by atoms with Crippen LogP contribution in [0.3, 0.4) is 0 Å². The molecule has 0 aliphatic rings. The topological polar surface area (TPSA) is 174 Å². The SMILES string of the molecule is CCO[P+](C)=O.COc1c(C(C)(C)C)cc(Pc2cc(C(C)(C)C)c(OC)c(C(C)(C)C)c2)cc1C(C)(C)C.C[P+](=O)O.O=[P+](O)c1ccccc1.O=[P+](c1ccccc1)c1ccccc1.O=[PH+]O.Pc1ccccc1.c1ccc(Pc2ccccc2)cc1. The van der Waals surface area contributed by atoms with E-state index in [0.29, 0.717) is 20.5 Å². The second-order valence-corrected chi connectivity index (χ2v) is 32.0. The number of rotatable bonds is 11. The molecule has 0 radical (unpaired) electrons. The Morgan fingerprint density at radius 3 is 0.854 bits per heavy atom. The van der Waals surface area contributed by atoms with Crippen molar-refractivity contribution in [3.05, 3.63) is 229 Å². The van der Waals surface area contributed by atoms with E-state index in [1.54, 1.807) is 45.1 Å². The Morgan fingerprint density at radius 2 is 0.674 bits per heavy atom. The normalized spacial score (nSPS) is 11.2. The van der Waals surface area contributed by atoms with Crippen molar-refractivity contribution in [1.82, 2.24) is 0 Å². The summed E-state index contributed by atoms with van der Waals surface area (Å²) in [5.74, 6) is 2.06. The molecule has 0 saturated heterocycles. The predicted octanol–water partition coefficient (Wildman–Crippen LogP) is 16.2.